The van der Waals surface area contributed by atoms with Gasteiger partial charge in [-0.25, -0.2) is 4.79 Å². The molecule has 0 aliphatic rings. The summed E-state index contributed by atoms with van der Waals surface area (Å²) in [7, 11) is 1.22. The minimum absolute atomic E-state index is 0.0556. The minimum Gasteiger partial charge on any atom is -0.476 e. The van der Waals surface area contributed by atoms with Crippen LogP contribution in [-0.2, 0) is 9.63 Å². The van der Waals surface area contributed by atoms with Crippen LogP contribution in [0.4, 0.5) is 0 Å². The highest BCUT2D eigenvalue weighted by Gasteiger charge is 2.18. The second-order valence-electron chi connectivity index (χ2n) is 1.94. The Bertz CT molecular complexity index is 346. The van der Waals surface area contributed by atoms with Crippen molar-refractivity contribution in [2.45, 2.75) is 0 Å². The molecule has 0 bridgehead atoms. The molecule has 0 aliphatic heterocycles. The van der Waals surface area contributed by atoms with E-state index in [0.717, 1.165) is 0 Å². The van der Waals surface area contributed by atoms with Crippen molar-refractivity contribution in [3.05, 3.63) is 17.0 Å². The average Bonchev–Trinajstić information content (AvgIpc) is 2.46. The molecule has 1 aromatic heterocycles. The van der Waals surface area contributed by atoms with Crippen molar-refractivity contribution < 1.29 is 19.3 Å². The number of rotatable bonds is 3. The second kappa shape index (κ2) is 3.90. The van der Waals surface area contributed by atoms with Gasteiger partial charge in [-0.3, -0.25) is 0 Å². The van der Waals surface area contributed by atoms with Gasteiger partial charge in [0.15, 0.2) is 10.9 Å². The molecule has 0 saturated carbocycles. The molecule has 0 amide bonds. The van der Waals surface area contributed by atoms with Gasteiger partial charge in [-0.05, 0) is 0 Å². The van der Waals surface area contributed by atoms with Gasteiger partial charge in [-0.2, -0.15) is 0 Å². The van der Waals surface area contributed by atoms with E-state index >= 15 is 0 Å². The highest BCUT2D eigenvalue weighted by Crippen LogP contribution is 2.10. The Kier molecular flexibility index (Phi) is 2.86. The van der Waals surface area contributed by atoms with Gasteiger partial charge >= 0.3 is 5.97 Å². The Balaban J connectivity index is 3.02. The number of halogens is 1. The summed E-state index contributed by atoms with van der Waals surface area (Å²) in [5, 5.41) is 15.2. The third-order valence-electron chi connectivity index (χ3n) is 1.10. The molecule has 0 saturated heterocycles. The third kappa shape index (κ3) is 2.19. The van der Waals surface area contributed by atoms with Crippen LogP contribution >= 0.6 is 11.6 Å². The highest BCUT2D eigenvalue weighted by molar-refractivity contribution is 6.42. The summed E-state index contributed by atoms with van der Waals surface area (Å²) in [4.78, 5) is 14.9. The van der Waals surface area contributed by atoms with E-state index in [1.807, 2.05) is 0 Å². The van der Waals surface area contributed by atoms with Crippen molar-refractivity contribution in [3.63, 3.8) is 0 Å². The van der Waals surface area contributed by atoms with Crippen LogP contribution in [0, 0.1) is 0 Å². The number of carboxylic acids is 1. The van der Waals surface area contributed by atoms with Crippen LogP contribution in [0.2, 0.25) is 5.15 Å². The van der Waals surface area contributed by atoms with Gasteiger partial charge < -0.3 is 14.5 Å². The Morgan fingerprint density at radius 2 is 2.54 bits per heavy atom. The molecule has 1 aromatic rings. The van der Waals surface area contributed by atoms with Crippen LogP contribution in [0.25, 0.3) is 0 Å². The third-order valence-corrected chi connectivity index (χ3v) is 1.28. The summed E-state index contributed by atoms with van der Waals surface area (Å²) in [6.45, 7) is 0. The predicted molar refractivity (Wildman–Crippen MR) is 42.7 cm³/mol. The molecule has 7 heteroatoms. The molecule has 0 spiro atoms. The lowest BCUT2D eigenvalue weighted by Crippen LogP contribution is -2.13. The first-order chi connectivity index (χ1) is 6.15. The van der Waals surface area contributed by atoms with Crippen LogP contribution in [0.5, 0.6) is 0 Å². The molecule has 0 atom stereocenters. The van der Waals surface area contributed by atoms with Crippen LogP contribution in [0.3, 0.4) is 0 Å². The Hall–Kier alpha value is -1.56. The first-order valence-corrected chi connectivity index (χ1v) is 3.50. The summed E-state index contributed by atoms with van der Waals surface area (Å²) in [6, 6.07) is 1.23. The molecule has 0 unspecified atom stereocenters. The standard InChI is InChI=1S/C6H5ClN2O4/c1-12-9-5(6(10)11)3-2-4(7)8-13-3/h2H,1H3,(H,10,11)/b9-5-. The summed E-state index contributed by atoms with van der Waals surface area (Å²) in [5.41, 5.74) is -0.387. The first kappa shape index (κ1) is 9.53. The zero-order valence-electron chi connectivity index (χ0n) is 6.52. The topological polar surface area (TPSA) is 84.9 Å². The van der Waals surface area contributed by atoms with Gasteiger partial charge in [0.2, 0.25) is 5.71 Å². The van der Waals surface area contributed by atoms with Crippen molar-refractivity contribution >= 4 is 23.3 Å². The number of hydrogen-bond donors (Lipinski definition) is 1. The number of aromatic nitrogens is 1. The molecule has 1 heterocycles. The quantitative estimate of drug-likeness (QED) is 0.580. The van der Waals surface area contributed by atoms with E-state index in [1.165, 1.54) is 13.2 Å². The minimum atomic E-state index is -1.28. The number of nitrogens with zero attached hydrogens (tertiary/aromatic N) is 2. The van der Waals surface area contributed by atoms with Gasteiger partial charge in [0.1, 0.15) is 7.11 Å². The summed E-state index contributed by atoms with van der Waals surface area (Å²) in [6.07, 6.45) is 0. The molecule has 1 rings (SSSR count). The Morgan fingerprint density at radius 3 is 2.92 bits per heavy atom. The van der Waals surface area contributed by atoms with E-state index in [1.54, 1.807) is 0 Å². The van der Waals surface area contributed by atoms with Gasteiger partial charge in [0.25, 0.3) is 0 Å². The predicted octanol–water partition coefficient (Wildman–Crippen LogP) is 0.763. The summed E-state index contributed by atoms with van der Waals surface area (Å²) in [5.74, 6) is -1.34. The number of hydrogen-bond acceptors (Lipinski definition) is 5. The normalized spacial score (nSPS) is 11.4. The van der Waals surface area contributed by atoms with Gasteiger partial charge in [0.05, 0.1) is 0 Å². The van der Waals surface area contributed by atoms with Gasteiger partial charge in [-0.15, -0.1) is 0 Å². The molecule has 0 fully saturated rings. The molecule has 1 N–H and O–H groups in total. The summed E-state index contributed by atoms with van der Waals surface area (Å²) < 4.78 is 4.57. The molecule has 0 aromatic carbocycles. The van der Waals surface area contributed by atoms with Crippen molar-refractivity contribution in [1.82, 2.24) is 5.16 Å². The fraction of sp³-hybridized carbons (Fsp3) is 0.167. The first-order valence-electron chi connectivity index (χ1n) is 3.12. The molecule has 0 aliphatic carbocycles. The lowest BCUT2D eigenvalue weighted by atomic mass is 10.3. The van der Waals surface area contributed by atoms with E-state index in [4.69, 9.17) is 16.7 Å². The number of oxime groups is 1. The van der Waals surface area contributed by atoms with Crippen molar-refractivity contribution in [3.8, 4) is 0 Å². The van der Waals surface area contributed by atoms with E-state index in [2.05, 4.69) is 19.7 Å². The van der Waals surface area contributed by atoms with E-state index in [9.17, 15) is 4.79 Å². The maximum atomic E-state index is 10.6. The monoisotopic (exact) mass is 204 g/mol. The number of aliphatic carboxylic acids is 1. The van der Waals surface area contributed by atoms with E-state index in [0.29, 0.717) is 0 Å². The summed E-state index contributed by atoms with van der Waals surface area (Å²) >= 11 is 5.42. The Morgan fingerprint density at radius 1 is 1.85 bits per heavy atom. The smallest absolute Gasteiger partial charge is 0.362 e. The zero-order chi connectivity index (χ0) is 9.84. The average molecular weight is 205 g/mol. The van der Waals surface area contributed by atoms with E-state index in [-0.39, 0.29) is 16.6 Å². The largest absolute Gasteiger partial charge is 0.476 e. The molecular weight excluding hydrogens is 200 g/mol. The van der Waals surface area contributed by atoms with Crippen molar-refractivity contribution in [1.29, 1.82) is 0 Å². The van der Waals surface area contributed by atoms with Crippen LogP contribution in [0.15, 0.2) is 15.7 Å². The number of carboxylic acid groups (broad SMARTS) is 1. The zero-order valence-corrected chi connectivity index (χ0v) is 7.28. The molecule has 0 radical (unpaired) electrons. The molecular formula is C6H5ClN2O4. The van der Waals surface area contributed by atoms with Crippen molar-refractivity contribution in [2.75, 3.05) is 7.11 Å². The molecule has 6 nitrogen and oxygen atoms in total. The fourth-order valence-corrected chi connectivity index (χ4v) is 0.780. The lowest BCUT2D eigenvalue weighted by molar-refractivity contribution is -0.129. The number of carbonyl (C=O) groups is 1. The van der Waals surface area contributed by atoms with Crippen molar-refractivity contribution in [2.24, 2.45) is 5.16 Å². The lowest BCUT2D eigenvalue weighted by Gasteiger charge is -1.92. The van der Waals surface area contributed by atoms with E-state index < -0.39 is 5.97 Å². The maximum absolute atomic E-state index is 10.6. The van der Waals surface area contributed by atoms with Crippen LogP contribution in [-0.4, -0.2) is 29.1 Å². The second-order valence-corrected chi connectivity index (χ2v) is 2.33. The maximum Gasteiger partial charge on any atom is 0.362 e. The molecule has 70 valence electrons. The molecule has 13 heavy (non-hydrogen) atoms. The van der Waals surface area contributed by atoms with Crippen LogP contribution in [0.1, 0.15) is 5.76 Å². The fourth-order valence-electron chi connectivity index (χ4n) is 0.646. The van der Waals surface area contributed by atoms with Crippen LogP contribution < -0.4 is 0 Å². The highest BCUT2D eigenvalue weighted by atomic mass is 35.5. The van der Waals surface area contributed by atoms with Gasteiger partial charge in [0, 0.05) is 6.07 Å². The van der Waals surface area contributed by atoms with Gasteiger partial charge in [-0.1, -0.05) is 21.9 Å². The Labute approximate surface area is 77.7 Å². The SMILES string of the molecule is CO/N=C(\C(=O)O)c1cc(Cl)no1.